The van der Waals surface area contributed by atoms with Crippen molar-refractivity contribution < 1.29 is 19.1 Å². The molecule has 2 heterocycles. The van der Waals surface area contributed by atoms with Gasteiger partial charge in [0.15, 0.2) is 5.96 Å². The van der Waals surface area contributed by atoms with Crippen LogP contribution in [0, 0.1) is 0 Å². The largest absolute Gasteiger partial charge is 0.383 e. The van der Waals surface area contributed by atoms with Gasteiger partial charge in [-0.1, -0.05) is 0 Å². The van der Waals surface area contributed by atoms with Gasteiger partial charge in [-0.3, -0.25) is 19.5 Å². The number of guanidine groups is 1. The number of methoxy groups -OCH3 is 1. The molecule has 0 aromatic carbocycles. The highest BCUT2D eigenvalue weighted by molar-refractivity contribution is 14.0. The van der Waals surface area contributed by atoms with Crippen molar-refractivity contribution in [3.05, 3.63) is 0 Å². The smallest absolute Gasteiger partial charge is 0.239 e. The lowest BCUT2D eigenvalue weighted by Crippen LogP contribution is -2.55. The molecule has 11 heteroatoms. The van der Waals surface area contributed by atoms with E-state index in [0.29, 0.717) is 52.0 Å². The van der Waals surface area contributed by atoms with E-state index in [1.54, 1.807) is 14.2 Å². The summed E-state index contributed by atoms with van der Waals surface area (Å²) in [5, 5.41) is 5.86. The number of ether oxygens (including phenoxy) is 2. The lowest BCUT2D eigenvalue weighted by Gasteiger charge is -2.37. The Morgan fingerprint density at radius 3 is 2.32 bits per heavy atom. The van der Waals surface area contributed by atoms with Gasteiger partial charge in [0.25, 0.3) is 0 Å². The first-order valence-electron chi connectivity index (χ1n) is 9.43. The summed E-state index contributed by atoms with van der Waals surface area (Å²) in [6.45, 7) is 7.33. The number of amides is 2. The van der Waals surface area contributed by atoms with Gasteiger partial charge in [0.1, 0.15) is 0 Å². The number of hydrogen-bond acceptors (Lipinski definition) is 6. The number of morpholine rings is 1. The molecule has 2 aliphatic heterocycles. The Kier molecular flexibility index (Phi) is 12.3. The Morgan fingerprint density at radius 2 is 1.71 bits per heavy atom. The van der Waals surface area contributed by atoms with Gasteiger partial charge in [-0.2, -0.15) is 0 Å². The number of aliphatic imine (C=N–C) groups is 1. The van der Waals surface area contributed by atoms with Gasteiger partial charge in [0.2, 0.25) is 11.8 Å². The first kappa shape index (κ1) is 24.9. The molecule has 0 aromatic rings. The monoisotopic (exact) mass is 512 g/mol. The third kappa shape index (κ3) is 8.45. The maximum Gasteiger partial charge on any atom is 0.239 e. The zero-order valence-corrected chi connectivity index (χ0v) is 19.1. The zero-order valence-electron chi connectivity index (χ0n) is 16.8. The summed E-state index contributed by atoms with van der Waals surface area (Å²) in [5.41, 5.74) is 0. The average Bonchev–Trinajstić information content (AvgIpc) is 2.70. The molecule has 0 bridgehead atoms. The zero-order chi connectivity index (χ0) is 19.5. The minimum atomic E-state index is -0.0945. The van der Waals surface area contributed by atoms with E-state index >= 15 is 0 Å². The third-order valence-corrected chi connectivity index (χ3v) is 4.64. The van der Waals surface area contributed by atoms with E-state index in [9.17, 15) is 9.59 Å². The minimum absolute atomic E-state index is 0. The summed E-state index contributed by atoms with van der Waals surface area (Å²) < 4.78 is 10.2. The molecule has 10 nitrogen and oxygen atoms in total. The molecule has 0 aromatic heterocycles. The molecule has 2 saturated heterocycles. The summed E-state index contributed by atoms with van der Waals surface area (Å²) in [4.78, 5) is 34.5. The topological polar surface area (TPSA) is 98.7 Å². The van der Waals surface area contributed by atoms with Crippen molar-refractivity contribution in [2.45, 2.75) is 0 Å². The average molecular weight is 512 g/mol. The van der Waals surface area contributed by atoms with Crippen LogP contribution in [-0.2, 0) is 19.1 Å². The molecule has 162 valence electrons. The quantitative estimate of drug-likeness (QED) is 0.184. The number of rotatable bonds is 7. The summed E-state index contributed by atoms with van der Waals surface area (Å²) in [5.74, 6) is 0.779. The van der Waals surface area contributed by atoms with Crippen LogP contribution in [0.4, 0.5) is 0 Å². The van der Waals surface area contributed by atoms with Crippen molar-refractivity contribution >= 4 is 41.8 Å². The van der Waals surface area contributed by atoms with Gasteiger partial charge in [-0.15, -0.1) is 24.0 Å². The number of nitrogens with zero attached hydrogens (tertiary/aromatic N) is 4. The van der Waals surface area contributed by atoms with E-state index in [-0.39, 0.29) is 42.3 Å². The summed E-state index contributed by atoms with van der Waals surface area (Å²) in [6.07, 6.45) is 0. The molecule has 0 atom stereocenters. The van der Waals surface area contributed by atoms with Crippen molar-refractivity contribution in [1.29, 1.82) is 0 Å². The van der Waals surface area contributed by atoms with E-state index in [4.69, 9.17) is 9.47 Å². The second kappa shape index (κ2) is 13.9. The number of hydrogen-bond donors (Lipinski definition) is 2. The second-order valence-corrected chi connectivity index (χ2v) is 6.50. The normalized spacial score (nSPS) is 18.4. The number of piperazine rings is 1. The summed E-state index contributed by atoms with van der Waals surface area (Å²) >= 11 is 0. The standard InChI is InChI=1S/C17H32N6O4.HI/c1-18-17(20-13-15(24)19-3-10-26-2)23-6-4-21(5-7-23)14-16(25)22-8-11-27-12-9-22;/h3-14H2,1-2H3,(H,18,20)(H,19,24);1H. The predicted molar refractivity (Wildman–Crippen MR) is 117 cm³/mol. The molecule has 2 fully saturated rings. The summed E-state index contributed by atoms with van der Waals surface area (Å²) in [6, 6.07) is 0. The second-order valence-electron chi connectivity index (χ2n) is 6.50. The lowest BCUT2D eigenvalue weighted by molar-refractivity contribution is -0.136. The van der Waals surface area contributed by atoms with Gasteiger partial charge in [0.05, 0.1) is 32.9 Å². The van der Waals surface area contributed by atoms with Gasteiger partial charge >= 0.3 is 0 Å². The van der Waals surface area contributed by atoms with Crippen LogP contribution in [0.1, 0.15) is 0 Å². The molecule has 2 aliphatic rings. The van der Waals surface area contributed by atoms with Gasteiger partial charge in [0, 0.05) is 60.0 Å². The van der Waals surface area contributed by atoms with Crippen LogP contribution in [0.25, 0.3) is 0 Å². The van der Waals surface area contributed by atoms with Gasteiger partial charge in [-0.05, 0) is 0 Å². The predicted octanol–water partition coefficient (Wildman–Crippen LogP) is -1.58. The molecule has 0 aliphatic carbocycles. The van der Waals surface area contributed by atoms with E-state index < -0.39 is 0 Å². The van der Waals surface area contributed by atoms with Crippen molar-refractivity contribution in [2.75, 3.05) is 92.9 Å². The lowest BCUT2D eigenvalue weighted by atomic mass is 10.3. The molecular formula is C17H33IN6O4. The first-order chi connectivity index (χ1) is 13.1. The third-order valence-electron chi connectivity index (χ3n) is 4.64. The van der Waals surface area contributed by atoms with E-state index in [0.717, 1.165) is 26.2 Å². The van der Waals surface area contributed by atoms with Crippen LogP contribution in [-0.4, -0.2) is 125 Å². The fourth-order valence-electron chi connectivity index (χ4n) is 3.07. The fourth-order valence-corrected chi connectivity index (χ4v) is 3.07. The Hall–Kier alpha value is -1.18. The van der Waals surface area contributed by atoms with Crippen molar-refractivity contribution in [3.63, 3.8) is 0 Å². The molecule has 2 N–H and O–H groups in total. The first-order valence-corrected chi connectivity index (χ1v) is 9.43. The Bertz CT molecular complexity index is 508. The fraction of sp³-hybridized carbons (Fsp3) is 0.824. The molecule has 28 heavy (non-hydrogen) atoms. The van der Waals surface area contributed by atoms with Crippen LogP contribution in [0.5, 0.6) is 0 Å². The Labute approximate surface area is 184 Å². The van der Waals surface area contributed by atoms with Gasteiger partial charge in [-0.25, -0.2) is 0 Å². The number of carbonyl (C=O) groups excluding carboxylic acids is 2. The highest BCUT2D eigenvalue weighted by Gasteiger charge is 2.24. The highest BCUT2D eigenvalue weighted by atomic mass is 127. The van der Waals surface area contributed by atoms with E-state index in [1.807, 2.05) is 4.90 Å². The summed E-state index contributed by atoms with van der Waals surface area (Å²) in [7, 11) is 3.31. The van der Waals surface area contributed by atoms with Crippen LogP contribution in [0.3, 0.4) is 0 Å². The van der Waals surface area contributed by atoms with Crippen LogP contribution in [0.15, 0.2) is 4.99 Å². The molecule has 2 rings (SSSR count). The van der Waals surface area contributed by atoms with Crippen molar-refractivity contribution in [1.82, 2.24) is 25.3 Å². The van der Waals surface area contributed by atoms with Crippen LogP contribution in [0.2, 0.25) is 0 Å². The Balaban J connectivity index is 0.00000392. The number of nitrogens with one attached hydrogen (secondary N) is 2. The van der Waals surface area contributed by atoms with E-state index in [1.165, 1.54) is 0 Å². The van der Waals surface area contributed by atoms with E-state index in [2.05, 4.69) is 25.4 Å². The highest BCUT2D eigenvalue weighted by Crippen LogP contribution is 2.05. The van der Waals surface area contributed by atoms with Crippen LogP contribution >= 0.6 is 24.0 Å². The van der Waals surface area contributed by atoms with Crippen LogP contribution < -0.4 is 10.6 Å². The number of halogens is 1. The molecule has 0 saturated carbocycles. The minimum Gasteiger partial charge on any atom is -0.383 e. The molecule has 0 spiro atoms. The van der Waals surface area contributed by atoms with Crippen molar-refractivity contribution in [3.8, 4) is 0 Å². The molecule has 0 unspecified atom stereocenters. The maximum absolute atomic E-state index is 12.3. The molecular weight excluding hydrogens is 479 g/mol. The van der Waals surface area contributed by atoms with Gasteiger partial charge < -0.3 is 29.9 Å². The maximum atomic E-state index is 12.3. The SMILES string of the molecule is CN=C(NCC(=O)NCCOC)N1CCN(CC(=O)N2CCOCC2)CC1.I. The molecule has 0 radical (unpaired) electrons. The number of carbonyl (C=O) groups is 2. The van der Waals surface area contributed by atoms with Crippen molar-refractivity contribution in [2.24, 2.45) is 4.99 Å². The molecule has 2 amide bonds. The Morgan fingerprint density at radius 1 is 1.04 bits per heavy atom.